The van der Waals surface area contributed by atoms with Crippen LogP contribution < -0.4 is 0 Å². The zero-order valence-electron chi connectivity index (χ0n) is 12.5. The number of aliphatic hydroxyl groups is 1. The fourth-order valence-corrected chi connectivity index (χ4v) is 2.58. The third kappa shape index (κ3) is 3.19. The molecule has 1 nitrogen and oxygen atoms in total. The van der Waals surface area contributed by atoms with Crippen LogP contribution in [0.5, 0.6) is 0 Å². The Bertz CT molecular complexity index is 495. The van der Waals surface area contributed by atoms with E-state index in [0.717, 1.165) is 24.8 Å². The Labute approximate surface area is 117 Å². The smallest absolute Gasteiger partial charge is 0.128 e. The third-order valence-electron chi connectivity index (χ3n) is 4.18. The molecule has 0 spiro atoms. The fraction of sp³-hybridized carbons (Fsp3) is 0.556. The average molecular weight is 256 g/mol. The summed E-state index contributed by atoms with van der Waals surface area (Å²) in [6.07, 6.45) is 2.96. The minimum absolute atomic E-state index is 0.171. The van der Waals surface area contributed by atoms with Crippen molar-refractivity contribution >= 4 is 0 Å². The Kier molecular flexibility index (Phi) is 3.74. The van der Waals surface area contributed by atoms with Gasteiger partial charge in [0.15, 0.2) is 0 Å². The zero-order valence-corrected chi connectivity index (χ0v) is 12.5. The zero-order chi connectivity index (χ0) is 14.1. The van der Waals surface area contributed by atoms with E-state index in [1.165, 1.54) is 5.56 Å². The monoisotopic (exact) mass is 256 g/mol. The Hall–Kier alpha value is -1.26. The van der Waals surface area contributed by atoms with E-state index < -0.39 is 5.60 Å². The SMILES string of the molecule is CC1CCCC1(O)C#Cc1ccc(C(C)(C)C)cc1. The van der Waals surface area contributed by atoms with Crippen molar-refractivity contribution < 1.29 is 5.11 Å². The Morgan fingerprint density at radius 3 is 2.32 bits per heavy atom. The maximum absolute atomic E-state index is 10.4. The average Bonchev–Trinajstić information content (AvgIpc) is 2.67. The van der Waals surface area contributed by atoms with Crippen LogP contribution >= 0.6 is 0 Å². The van der Waals surface area contributed by atoms with E-state index in [2.05, 4.69) is 63.8 Å². The molecule has 0 bridgehead atoms. The molecule has 1 saturated carbocycles. The summed E-state index contributed by atoms with van der Waals surface area (Å²) < 4.78 is 0. The highest BCUT2D eigenvalue weighted by Gasteiger charge is 2.36. The van der Waals surface area contributed by atoms with E-state index in [1.807, 2.05) is 0 Å². The molecule has 1 aromatic carbocycles. The van der Waals surface area contributed by atoms with Crippen LogP contribution in [0.3, 0.4) is 0 Å². The third-order valence-corrected chi connectivity index (χ3v) is 4.18. The predicted octanol–water partition coefficient (Wildman–Crippen LogP) is 3.89. The van der Waals surface area contributed by atoms with Gasteiger partial charge in [-0.25, -0.2) is 0 Å². The van der Waals surface area contributed by atoms with Crippen LogP contribution in [0.1, 0.15) is 58.1 Å². The summed E-state index contributed by atoms with van der Waals surface area (Å²) in [6, 6.07) is 8.37. The lowest BCUT2D eigenvalue weighted by Gasteiger charge is -2.20. The van der Waals surface area contributed by atoms with Gasteiger partial charge in [0.05, 0.1) is 0 Å². The first-order chi connectivity index (χ1) is 8.81. The van der Waals surface area contributed by atoms with Gasteiger partial charge in [-0.3, -0.25) is 0 Å². The highest BCUT2D eigenvalue weighted by molar-refractivity contribution is 5.39. The summed E-state index contributed by atoms with van der Waals surface area (Å²) in [5.74, 6) is 6.51. The summed E-state index contributed by atoms with van der Waals surface area (Å²) in [5, 5.41) is 10.4. The molecule has 1 aromatic rings. The number of benzene rings is 1. The van der Waals surface area contributed by atoms with Crippen LogP contribution in [0.25, 0.3) is 0 Å². The van der Waals surface area contributed by atoms with Crippen LogP contribution in [0.4, 0.5) is 0 Å². The maximum Gasteiger partial charge on any atom is 0.128 e. The highest BCUT2D eigenvalue weighted by atomic mass is 16.3. The maximum atomic E-state index is 10.4. The lowest BCUT2D eigenvalue weighted by Crippen LogP contribution is -2.29. The molecule has 1 N–H and O–H groups in total. The fourth-order valence-electron chi connectivity index (χ4n) is 2.58. The molecule has 2 unspecified atom stereocenters. The van der Waals surface area contributed by atoms with Gasteiger partial charge >= 0.3 is 0 Å². The second-order valence-electron chi connectivity index (χ2n) is 6.79. The van der Waals surface area contributed by atoms with Crippen molar-refractivity contribution in [3.63, 3.8) is 0 Å². The second kappa shape index (κ2) is 5.02. The highest BCUT2D eigenvalue weighted by Crippen LogP contribution is 2.34. The summed E-state index contributed by atoms with van der Waals surface area (Å²) in [6.45, 7) is 8.70. The van der Waals surface area contributed by atoms with Crippen molar-refractivity contribution in [1.29, 1.82) is 0 Å². The van der Waals surface area contributed by atoms with Crippen molar-refractivity contribution in [2.24, 2.45) is 5.92 Å². The van der Waals surface area contributed by atoms with Gasteiger partial charge in [-0.15, -0.1) is 0 Å². The first kappa shape index (κ1) is 14.2. The van der Waals surface area contributed by atoms with E-state index in [-0.39, 0.29) is 11.3 Å². The molecule has 2 rings (SSSR count). The molecule has 0 aliphatic heterocycles. The van der Waals surface area contributed by atoms with E-state index >= 15 is 0 Å². The first-order valence-corrected chi connectivity index (χ1v) is 7.17. The van der Waals surface area contributed by atoms with Gasteiger partial charge in [0, 0.05) is 5.56 Å². The van der Waals surface area contributed by atoms with Gasteiger partial charge < -0.3 is 5.11 Å². The number of rotatable bonds is 0. The molecular formula is C18H24O. The summed E-state index contributed by atoms with van der Waals surface area (Å²) in [5.41, 5.74) is 1.69. The van der Waals surface area contributed by atoms with Crippen molar-refractivity contribution in [1.82, 2.24) is 0 Å². The largest absolute Gasteiger partial charge is 0.377 e. The normalized spacial score (nSPS) is 26.9. The Morgan fingerprint density at radius 1 is 1.21 bits per heavy atom. The number of hydrogen-bond acceptors (Lipinski definition) is 1. The minimum Gasteiger partial charge on any atom is -0.377 e. The van der Waals surface area contributed by atoms with Crippen molar-refractivity contribution in [2.75, 3.05) is 0 Å². The lowest BCUT2D eigenvalue weighted by atomic mass is 9.86. The number of hydrogen-bond donors (Lipinski definition) is 1. The molecule has 1 aliphatic carbocycles. The second-order valence-corrected chi connectivity index (χ2v) is 6.79. The van der Waals surface area contributed by atoms with Crippen molar-refractivity contribution in [3.05, 3.63) is 35.4 Å². The summed E-state index contributed by atoms with van der Waals surface area (Å²) in [4.78, 5) is 0. The van der Waals surface area contributed by atoms with E-state index in [0.29, 0.717) is 0 Å². The molecule has 1 aliphatic rings. The van der Waals surface area contributed by atoms with Crippen LogP contribution in [0.2, 0.25) is 0 Å². The van der Waals surface area contributed by atoms with E-state index in [9.17, 15) is 5.11 Å². The first-order valence-electron chi connectivity index (χ1n) is 7.17. The molecule has 0 amide bonds. The summed E-state index contributed by atoms with van der Waals surface area (Å²) in [7, 11) is 0. The Balaban J connectivity index is 2.17. The molecule has 2 atom stereocenters. The lowest BCUT2D eigenvalue weighted by molar-refractivity contribution is 0.0687. The molecule has 1 heteroatoms. The molecule has 0 saturated heterocycles. The van der Waals surface area contributed by atoms with E-state index in [1.54, 1.807) is 0 Å². The molecule has 0 heterocycles. The van der Waals surface area contributed by atoms with Crippen molar-refractivity contribution in [3.8, 4) is 11.8 Å². The van der Waals surface area contributed by atoms with Gasteiger partial charge in [-0.1, -0.05) is 51.7 Å². The van der Waals surface area contributed by atoms with Gasteiger partial charge in [-0.2, -0.15) is 0 Å². The minimum atomic E-state index is -0.775. The standard InChI is InChI=1S/C18H24O/c1-14-6-5-12-18(14,19)13-11-15-7-9-16(10-8-15)17(2,3)4/h7-10,14,19H,5-6,12H2,1-4H3. The predicted molar refractivity (Wildman–Crippen MR) is 80.0 cm³/mol. The van der Waals surface area contributed by atoms with Crippen LogP contribution in [-0.4, -0.2) is 10.7 Å². The van der Waals surface area contributed by atoms with Crippen molar-refractivity contribution in [2.45, 2.75) is 58.0 Å². The molecule has 0 aromatic heterocycles. The quantitative estimate of drug-likeness (QED) is 0.698. The molecule has 102 valence electrons. The van der Waals surface area contributed by atoms with E-state index in [4.69, 9.17) is 0 Å². The van der Waals surface area contributed by atoms with Crippen LogP contribution in [0.15, 0.2) is 24.3 Å². The molecule has 0 radical (unpaired) electrons. The van der Waals surface area contributed by atoms with Crippen LogP contribution in [0, 0.1) is 17.8 Å². The van der Waals surface area contributed by atoms with Gasteiger partial charge in [0.1, 0.15) is 5.60 Å². The molecule has 19 heavy (non-hydrogen) atoms. The molecular weight excluding hydrogens is 232 g/mol. The van der Waals surface area contributed by atoms with Gasteiger partial charge in [-0.05, 0) is 48.3 Å². The van der Waals surface area contributed by atoms with Crippen LogP contribution in [-0.2, 0) is 5.41 Å². The summed E-state index contributed by atoms with van der Waals surface area (Å²) >= 11 is 0. The van der Waals surface area contributed by atoms with Gasteiger partial charge in [0.2, 0.25) is 0 Å². The van der Waals surface area contributed by atoms with Gasteiger partial charge in [0.25, 0.3) is 0 Å². The Morgan fingerprint density at radius 2 is 1.84 bits per heavy atom. The molecule has 1 fully saturated rings. The topological polar surface area (TPSA) is 20.2 Å².